The average molecular weight is 482 g/mol. The van der Waals surface area contributed by atoms with Crippen LogP contribution in [0.5, 0.6) is 5.88 Å². The molecule has 0 atom stereocenters. The summed E-state index contributed by atoms with van der Waals surface area (Å²) in [5.41, 5.74) is 4.95. The van der Waals surface area contributed by atoms with E-state index >= 15 is 0 Å². The molecule has 1 aliphatic rings. The molecule has 1 aliphatic heterocycles. The molecule has 5 rings (SSSR count). The summed E-state index contributed by atoms with van der Waals surface area (Å²) in [6.07, 6.45) is 2.27. The number of nitrogens with zero attached hydrogens (tertiary/aromatic N) is 4. The first kappa shape index (κ1) is 23.8. The van der Waals surface area contributed by atoms with Gasteiger partial charge < -0.3 is 19.9 Å². The van der Waals surface area contributed by atoms with Crippen LogP contribution in [0.2, 0.25) is 0 Å². The molecule has 36 heavy (non-hydrogen) atoms. The third-order valence-corrected chi connectivity index (χ3v) is 6.31. The molecule has 0 unspecified atom stereocenters. The highest BCUT2D eigenvalue weighted by atomic mass is 16.5. The highest BCUT2D eigenvalue weighted by molar-refractivity contribution is 6.05. The lowest BCUT2D eigenvalue weighted by atomic mass is 10.0. The molecule has 7 nitrogen and oxygen atoms in total. The zero-order chi connectivity index (χ0) is 24.9. The van der Waals surface area contributed by atoms with Gasteiger partial charge in [0, 0.05) is 30.9 Å². The van der Waals surface area contributed by atoms with E-state index in [1.165, 1.54) is 0 Å². The minimum Gasteiger partial charge on any atom is -0.474 e. The molecule has 0 saturated carbocycles. The summed E-state index contributed by atoms with van der Waals surface area (Å²) in [4.78, 5) is 26.9. The Morgan fingerprint density at radius 1 is 0.917 bits per heavy atom. The van der Waals surface area contributed by atoms with E-state index in [0.29, 0.717) is 23.7 Å². The van der Waals surface area contributed by atoms with Crippen molar-refractivity contribution in [3.63, 3.8) is 0 Å². The van der Waals surface area contributed by atoms with E-state index in [0.717, 1.165) is 60.5 Å². The Bertz CT molecular complexity index is 1330. The lowest BCUT2D eigenvalue weighted by Crippen LogP contribution is -2.23. The fourth-order valence-electron chi connectivity index (χ4n) is 4.31. The van der Waals surface area contributed by atoms with Crippen molar-refractivity contribution < 1.29 is 9.53 Å². The smallest absolute Gasteiger partial charge is 0.258 e. The lowest BCUT2D eigenvalue weighted by Gasteiger charge is -2.20. The van der Waals surface area contributed by atoms with Gasteiger partial charge in [-0.3, -0.25) is 4.79 Å². The summed E-state index contributed by atoms with van der Waals surface area (Å²) in [6, 6.07) is 23.4. The summed E-state index contributed by atoms with van der Waals surface area (Å²) in [6.45, 7) is 3.24. The van der Waals surface area contributed by atoms with E-state index < -0.39 is 0 Å². The number of carbonyl (C=O) groups excluding carboxylic acids is 1. The number of amides is 1. The Morgan fingerprint density at radius 2 is 1.64 bits per heavy atom. The van der Waals surface area contributed by atoms with Gasteiger partial charge in [0.15, 0.2) is 5.82 Å². The van der Waals surface area contributed by atoms with Gasteiger partial charge in [-0.15, -0.1) is 0 Å². The fraction of sp³-hybridized carbons (Fsp3) is 0.276. The normalized spacial score (nSPS) is 13.4. The number of nitrogens with one attached hydrogen (secondary N) is 1. The second kappa shape index (κ2) is 10.7. The Morgan fingerprint density at radius 3 is 2.36 bits per heavy atom. The van der Waals surface area contributed by atoms with Crippen LogP contribution in [0.4, 0.5) is 11.5 Å². The second-order valence-corrected chi connectivity index (χ2v) is 9.30. The SMILES string of the molecule is CN(C)CCOc1nc2ccc(NC(=O)c3ccc(-c4ccccc4)cc3)cc2nc1N1CCCC1. The highest BCUT2D eigenvalue weighted by Crippen LogP contribution is 2.30. The second-order valence-electron chi connectivity index (χ2n) is 9.30. The molecule has 1 saturated heterocycles. The molecule has 1 N–H and O–H groups in total. The number of aromatic nitrogens is 2. The van der Waals surface area contributed by atoms with Gasteiger partial charge in [-0.05, 0) is 68.4 Å². The summed E-state index contributed by atoms with van der Waals surface area (Å²) < 4.78 is 6.04. The fourth-order valence-corrected chi connectivity index (χ4v) is 4.31. The van der Waals surface area contributed by atoms with Gasteiger partial charge in [0.05, 0.1) is 11.0 Å². The minimum atomic E-state index is -0.162. The van der Waals surface area contributed by atoms with Gasteiger partial charge >= 0.3 is 0 Å². The van der Waals surface area contributed by atoms with Crippen LogP contribution in [0.15, 0.2) is 72.8 Å². The van der Waals surface area contributed by atoms with E-state index in [-0.39, 0.29) is 5.91 Å². The Balaban J connectivity index is 1.36. The molecule has 1 fully saturated rings. The van der Waals surface area contributed by atoms with Gasteiger partial charge in [-0.25, -0.2) is 9.97 Å². The first-order chi connectivity index (χ1) is 17.6. The van der Waals surface area contributed by atoms with Gasteiger partial charge in [-0.1, -0.05) is 42.5 Å². The summed E-state index contributed by atoms with van der Waals surface area (Å²) in [7, 11) is 4.04. The summed E-state index contributed by atoms with van der Waals surface area (Å²) in [5, 5.41) is 3.00. The topological polar surface area (TPSA) is 70.6 Å². The van der Waals surface area contributed by atoms with Crippen LogP contribution in [0.3, 0.4) is 0 Å². The molecule has 0 radical (unpaired) electrons. The Labute approximate surface area is 211 Å². The number of benzene rings is 3. The van der Waals surface area contributed by atoms with Gasteiger partial charge in [0.2, 0.25) is 0 Å². The number of ether oxygens (including phenoxy) is 1. The average Bonchev–Trinajstić information content (AvgIpc) is 3.44. The van der Waals surface area contributed by atoms with E-state index in [1.54, 1.807) is 0 Å². The Hall–Kier alpha value is -3.97. The number of hydrogen-bond acceptors (Lipinski definition) is 6. The van der Waals surface area contributed by atoms with E-state index in [2.05, 4.69) is 27.2 Å². The minimum absolute atomic E-state index is 0.162. The largest absolute Gasteiger partial charge is 0.474 e. The zero-order valence-corrected chi connectivity index (χ0v) is 20.8. The molecule has 0 bridgehead atoms. The molecule has 1 amide bonds. The van der Waals surface area contributed by atoms with Gasteiger partial charge in [0.1, 0.15) is 6.61 Å². The number of hydrogen-bond donors (Lipinski definition) is 1. The van der Waals surface area contributed by atoms with Crippen molar-refractivity contribution in [2.75, 3.05) is 50.6 Å². The number of fused-ring (bicyclic) bond motifs is 1. The van der Waals surface area contributed by atoms with Crippen molar-refractivity contribution in [2.45, 2.75) is 12.8 Å². The van der Waals surface area contributed by atoms with E-state index in [1.807, 2.05) is 74.8 Å². The maximum atomic E-state index is 12.9. The van der Waals surface area contributed by atoms with Crippen LogP contribution in [-0.2, 0) is 0 Å². The van der Waals surface area contributed by atoms with Crippen molar-refractivity contribution >= 4 is 28.4 Å². The molecule has 184 valence electrons. The van der Waals surface area contributed by atoms with Crippen LogP contribution in [0.25, 0.3) is 22.2 Å². The lowest BCUT2D eigenvalue weighted by molar-refractivity contribution is 0.102. The molecule has 2 heterocycles. The zero-order valence-electron chi connectivity index (χ0n) is 20.8. The summed E-state index contributed by atoms with van der Waals surface area (Å²) in [5.74, 6) is 1.19. The first-order valence-electron chi connectivity index (χ1n) is 12.4. The quantitative estimate of drug-likeness (QED) is 0.378. The molecule has 0 aliphatic carbocycles. The monoisotopic (exact) mass is 481 g/mol. The molecule has 0 spiro atoms. The predicted octanol–water partition coefficient (Wildman–Crippen LogP) is 5.09. The number of anilines is 2. The molecule has 1 aromatic heterocycles. The maximum absolute atomic E-state index is 12.9. The van der Waals surface area contributed by atoms with Crippen molar-refractivity contribution in [3.8, 4) is 17.0 Å². The standard InChI is InChI=1S/C29H31N5O2/c1-33(2)18-19-36-29-27(34-16-6-7-17-34)31-26-20-24(14-15-25(26)32-29)30-28(35)23-12-10-22(11-13-23)21-8-4-3-5-9-21/h3-5,8-15,20H,6-7,16-19H2,1-2H3,(H,30,35). The molecule has 7 heteroatoms. The number of rotatable bonds is 8. The van der Waals surface area contributed by atoms with Crippen molar-refractivity contribution in [2.24, 2.45) is 0 Å². The third-order valence-electron chi connectivity index (χ3n) is 6.31. The molecule has 3 aromatic carbocycles. The van der Waals surface area contributed by atoms with Crippen LogP contribution in [0.1, 0.15) is 23.2 Å². The summed E-state index contributed by atoms with van der Waals surface area (Å²) >= 11 is 0. The Kier molecular flexibility index (Phi) is 7.09. The number of likely N-dealkylation sites (N-methyl/N-ethyl adjacent to an activating group) is 1. The predicted molar refractivity (Wildman–Crippen MR) is 145 cm³/mol. The van der Waals surface area contributed by atoms with Crippen molar-refractivity contribution in [1.29, 1.82) is 0 Å². The molecule has 4 aromatic rings. The third kappa shape index (κ3) is 5.47. The van der Waals surface area contributed by atoms with E-state index in [9.17, 15) is 4.79 Å². The first-order valence-corrected chi connectivity index (χ1v) is 12.4. The van der Waals surface area contributed by atoms with Gasteiger partial charge in [0.25, 0.3) is 11.8 Å². The van der Waals surface area contributed by atoms with Crippen LogP contribution < -0.4 is 15.0 Å². The van der Waals surface area contributed by atoms with Gasteiger partial charge in [-0.2, -0.15) is 0 Å². The van der Waals surface area contributed by atoms with Crippen molar-refractivity contribution in [3.05, 3.63) is 78.4 Å². The van der Waals surface area contributed by atoms with Crippen LogP contribution >= 0.6 is 0 Å². The molecular weight excluding hydrogens is 450 g/mol. The molecular formula is C29H31N5O2. The maximum Gasteiger partial charge on any atom is 0.258 e. The highest BCUT2D eigenvalue weighted by Gasteiger charge is 2.21. The number of carbonyl (C=O) groups is 1. The van der Waals surface area contributed by atoms with E-state index in [4.69, 9.17) is 14.7 Å². The van der Waals surface area contributed by atoms with Crippen LogP contribution in [0, 0.1) is 0 Å². The van der Waals surface area contributed by atoms with Crippen LogP contribution in [-0.4, -0.2) is 61.1 Å². The van der Waals surface area contributed by atoms with Crippen molar-refractivity contribution in [1.82, 2.24) is 14.9 Å².